The molecule has 0 saturated carbocycles. The van der Waals surface area contributed by atoms with Gasteiger partial charge < -0.3 is 4.74 Å². The topological polar surface area (TPSA) is 67.4 Å². The molecule has 116 valence electrons. The largest absolute Gasteiger partial charge is 0.489 e. The van der Waals surface area contributed by atoms with E-state index in [1.165, 1.54) is 6.08 Å². The molecule has 2 amide bonds. The second-order valence-electron chi connectivity index (χ2n) is 4.77. The zero-order valence-corrected chi connectivity index (χ0v) is 15.7. The molecular weight excluding hydrogens is 436 g/mol. The summed E-state index contributed by atoms with van der Waals surface area (Å²) >= 11 is 11.6. The maximum atomic E-state index is 11.9. The van der Waals surface area contributed by atoms with Crippen molar-refractivity contribution in [2.24, 2.45) is 0 Å². The molecule has 0 atom stereocenters. The maximum absolute atomic E-state index is 11.9. The van der Waals surface area contributed by atoms with Crippen LogP contribution in [0.4, 0.5) is 0 Å². The third-order valence-electron chi connectivity index (χ3n) is 2.63. The molecule has 2 rings (SSSR count). The Morgan fingerprint density at radius 3 is 2.32 bits per heavy atom. The van der Waals surface area contributed by atoms with Crippen LogP contribution in [0.2, 0.25) is 0 Å². The molecule has 0 spiro atoms. The van der Waals surface area contributed by atoms with Gasteiger partial charge in [-0.05, 0) is 60.2 Å². The summed E-state index contributed by atoms with van der Waals surface area (Å²) in [5.74, 6) is -0.528. The van der Waals surface area contributed by atoms with Crippen LogP contribution in [0.15, 0.2) is 26.7 Å². The van der Waals surface area contributed by atoms with Crippen LogP contribution in [-0.4, -0.2) is 23.0 Å². The Balaban J connectivity index is 2.51. The van der Waals surface area contributed by atoms with E-state index in [0.29, 0.717) is 11.3 Å². The first-order valence-corrected chi connectivity index (χ1v) is 8.31. The van der Waals surface area contributed by atoms with Crippen LogP contribution in [-0.2, 0) is 9.59 Å². The number of benzene rings is 1. The van der Waals surface area contributed by atoms with Crippen LogP contribution in [0.5, 0.6) is 5.75 Å². The van der Waals surface area contributed by atoms with Crippen molar-refractivity contribution in [3.63, 3.8) is 0 Å². The molecule has 0 aromatic heterocycles. The number of thiocarbonyl (C=S) groups is 1. The Labute approximate surface area is 149 Å². The second-order valence-corrected chi connectivity index (χ2v) is 6.95. The van der Waals surface area contributed by atoms with Crippen molar-refractivity contribution in [2.75, 3.05) is 0 Å². The van der Waals surface area contributed by atoms with Gasteiger partial charge in [-0.2, -0.15) is 0 Å². The average Bonchev–Trinajstić information content (AvgIpc) is 2.37. The Morgan fingerprint density at radius 2 is 1.77 bits per heavy atom. The fourth-order valence-corrected chi connectivity index (χ4v) is 3.35. The van der Waals surface area contributed by atoms with Crippen LogP contribution >= 0.6 is 44.1 Å². The number of halogens is 2. The monoisotopic (exact) mass is 446 g/mol. The molecule has 1 aromatic carbocycles. The summed E-state index contributed by atoms with van der Waals surface area (Å²) in [6.45, 7) is 3.79. The lowest BCUT2D eigenvalue weighted by atomic mass is 10.1. The molecule has 1 saturated heterocycles. The predicted molar refractivity (Wildman–Crippen MR) is 94.5 cm³/mol. The number of amides is 2. The normalized spacial score (nSPS) is 14.8. The number of rotatable bonds is 3. The van der Waals surface area contributed by atoms with Crippen molar-refractivity contribution in [3.8, 4) is 5.75 Å². The van der Waals surface area contributed by atoms with Crippen LogP contribution in [0.1, 0.15) is 19.4 Å². The SMILES string of the molecule is CC(C)Oc1c(Br)cc(Br)cc1C=C1C(=O)NC(=S)NC1=O. The Bertz CT molecular complexity index is 680. The zero-order chi connectivity index (χ0) is 16.4. The van der Waals surface area contributed by atoms with Crippen molar-refractivity contribution >= 4 is 67.1 Å². The van der Waals surface area contributed by atoms with Gasteiger partial charge in [-0.15, -0.1) is 0 Å². The molecule has 2 N–H and O–H groups in total. The minimum atomic E-state index is -0.541. The lowest BCUT2D eigenvalue weighted by Gasteiger charge is -2.18. The van der Waals surface area contributed by atoms with E-state index in [1.807, 2.05) is 19.9 Å². The summed E-state index contributed by atoms with van der Waals surface area (Å²) in [6.07, 6.45) is 1.41. The number of hydrogen-bond donors (Lipinski definition) is 2. The van der Waals surface area contributed by atoms with Crippen LogP contribution in [0.3, 0.4) is 0 Å². The fourth-order valence-electron chi connectivity index (χ4n) is 1.81. The highest BCUT2D eigenvalue weighted by molar-refractivity contribution is 9.11. The van der Waals surface area contributed by atoms with Gasteiger partial charge in [0.15, 0.2) is 5.11 Å². The van der Waals surface area contributed by atoms with E-state index >= 15 is 0 Å². The van der Waals surface area contributed by atoms with E-state index < -0.39 is 11.8 Å². The van der Waals surface area contributed by atoms with Crippen molar-refractivity contribution in [1.29, 1.82) is 0 Å². The molecule has 5 nitrogen and oxygen atoms in total. The first kappa shape index (κ1) is 17.1. The summed E-state index contributed by atoms with van der Waals surface area (Å²) in [6, 6.07) is 3.60. The zero-order valence-electron chi connectivity index (χ0n) is 11.7. The third-order valence-corrected chi connectivity index (χ3v) is 3.88. The highest BCUT2D eigenvalue weighted by atomic mass is 79.9. The van der Waals surface area contributed by atoms with Gasteiger partial charge in [0.1, 0.15) is 11.3 Å². The molecule has 1 fully saturated rings. The maximum Gasteiger partial charge on any atom is 0.263 e. The van der Waals surface area contributed by atoms with E-state index in [0.717, 1.165) is 8.95 Å². The van der Waals surface area contributed by atoms with E-state index in [9.17, 15) is 9.59 Å². The first-order chi connectivity index (χ1) is 10.3. The molecule has 8 heteroatoms. The van der Waals surface area contributed by atoms with Crippen LogP contribution < -0.4 is 15.4 Å². The number of ether oxygens (including phenoxy) is 1. The van der Waals surface area contributed by atoms with E-state index in [-0.39, 0.29) is 16.8 Å². The highest BCUT2D eigenvalue weighted by Gasteiger charge is 2.26. The summed E-state index contributed by atoms with van der Waals surface area (Å²) in [5, 5.41) is 4.80. The van der Waals surface area contributed by atoms with Crippen LogP contribution in [0.25, 0.3) is 6.08 Å². The Hall–Kier alpha value is -1.25. The van der Waals surface area contributed by atoms with Gasteiger partial charge in [0, 0.05) is 10.0 Å². The van der Waals surface area contributed by atoms with Crippen LogP contribution in [0, 0.1) is 0 Å². The molecule has 0 unspecified atom stereocenters. The van der Waals surface area contributed by atoms with E-state index in [2.05, 4.69) is 42.5 Å². The van der Waals surface area contributed by atoms with Gasteiger partial charge in [-0.3, -0.25) is 20.2 Å². The van der Waals surface area contributed by atoms with Gasteiger partial charge in [-0.1, -0.05) is 15.9 Å². The van der Waals surface area contributed by atoms with Gasteiger partial charge >= 0.3 is 0 Å². The van der Waals surface area contributed by atoms with Gasteiger partial charge in [-0.25, -0.2) is 0 Å². The minimum Gasteiger partial charge on any atom is -0.489 e. The smallest absolute Gasteiger partial charge is 0.263 e. The molecular formula is C14H12Br2N2O3S. The lowest BCUT2D eigenvalue weighted by molar-refractivity contribution is -0.123. The molecule has 1 aliphatic heterocycles. The Kier molecular flexibility index (Phi) is 5.36. The fraction of sp³-hybridized carbons (Fsp3) is 0.214. The predicted octanol–water partition coefficient (Wildman–Crippen LogP) is 2.91. The average molecular weight is 448 g/mol. The van der Waals surface area contributed by atoms with Crippen molar-refractivity contribution in [1.82, 2.24) is 10.6 Å². The minimum absolute atomic E-state index is 0.00114. The second kappa shape index (κ2) is 6.89. The van der Waals surface area contributed by atoms with Crippen molar-refractivity contribution in [3.05, 3.63) is 32.2 Å². The summed E-state index contributed by atoms with van der Waals surface area (Å²) in [7, 11) is 0. The molecule has 1 aromatic rings. The highest BCUT2D eigenvalue weighted by Crippen LogP contribution is 2.35. The van der Waals surface area contributed by atoms with Crippen molar-refractivity contribution < 1.29 is 14.3 Å². The summed E-state index contributed by atoms with van der Waals surface area (Å²) in [4.78, 5) is 23.9. The van der Waals surface area contributed by atoms with E-state index in [1.54, 1.807) is 6.07 Å². The molecule has 1 heterocycles. The quantitative estimate of drug-likeness (QED) is 0.424. The number of carbonyl (C=O) groups is 2. The number of hydrogen-bond acceptors (Lipinski definition) is 4. The lowest BCUT2D eigenvalue weighted by Crippen LogP contribution is -2.51. The molecule has 0 bridgehead atoms. The summed E-state index contributed by atoms with van der Waals surface area (Å²) in [5.41, 5.74) is 0.565. The van der Waals surface area contributed by atoms with Gasteiger partial charge in [0.05, 0.1) is 10.6 Å². The number of carbonyl (C=O) groups excluding carboxylic acids is 2. The standard InChI is InChI=1S/C14H12Br2N2O3S/c1-6(2)21-11-7(3-8(15)5-10(11)16)4-9-12(19)17-14(22)18-13(9)20/h3-6H,1-2H3,(H2,17,18,19,20,22). The summed E-state index contributed by atoms with van der Waals surface area (Å²) < 4.78 is 7.27. The first-order valence-electron chi connectivity index (χ1n) is 6.32. The molecule has 22 heavy (non-hydrogen) atoms. The van der Waals surface area contributed by atoms with Gasteiger partial charge in [0.2, 0.25) is 0 Å². The molecule has 1 aliphatic rings. The molecule has 0 aliphatic carbocycles. The third kappa shape index (κ3) is 3.93. The van der Waals surface area contributed by atoms with Gasteiger partial charge in [0.25, 0.3) is 11.8 Å². The Morgan fingerprint density at radius 1 is 1.18 bits per heavy atom. The number of nitrogens with one attached hydrogen (secondary N) is 2. The molecule has 0 radical (unpaired) electrons. The van der Waals surface area contributed by atoms with E-state index in [4.69, 9.17) is 17.0 Å². The van der Waals surface area contributed by atoms with Crippen molar-refractivity contribution in [2.45, 2.75) is 20.0 Å².